The van der Waals surface area contributed by atoms with Gasteiger partial charge < -0.3 is 9.84 Å². The zero-order valence-corrected chi connectivity index (χ0v) is 17.2. The fraction of sp³-hybridized carbons (Fsp3) is 0.952. The van der Waals surface area contributed by atoms with Gasteiger partial charge in [-0.15, -0.1) is 11.6 Å². The molecule has 8 atom stereocenters. The van der Waals surface area contributed by atoms with E-state index in [0.29, 0.717) is 30.4 Å². The summed E-state index contributed by atoms with van der Waals surface area (Å²) in [6.45, 7) is 8.72. The van der Waals surface area contributed by atoms with Crippen LogP contribution in [0.25, 0.3) is 0 Å². The quantitative estimate of drug-likeness (QED) is 0.747. The van der Waals surface area contributed by atoms with Crippen molar-refractivity contribution in [1.82, 2.24) is 0 Å². The van der Waals surface area contributed by atoms with Crippen molar-refractivity contribution in [3.8, 4) is 0 Å². The first-order chi connectivity index (χ1) is 11.7. The summed E-state index contributed by atoms with van der Waals surface area (Å²) in [6.07, 6.45) is 5.02. The molecule has 0 saturated heterocycles. The van der Waals surface area contributed by atoms with E-state index in [0.717, 1.165) is 25.7 Å². The van der Waals surface area contributed by atoms with Gasteiger partial charge in [-0.25, -0.2) is 0 Å². The minimum Gasteiger partial charge on any atom is -0.393 e. The second kappa shape index (κ2) is 6.49. The number of hydrogen-bond donors (Lipinski definition) is 1. The molecule has 0 aromatic rings. The van der Waals surface area contributed by atoms with Gasteiger partial charge in [0, 0.05) is 29.7 Å². The van der Waals surface area contributed by atoms with Gasteiger partial charge in [0.15, 0.2) is 0 Å². The van der Waals surface area contributed by atoms with Gasteiger partial charge in [-0.05, 0) is 55.8 Å². The number of methoxy groups -OCH3 is 1. The van der Waals surface area contributed by atoms with E-state index in [-0.39, 0.29) is 28.8 Å². The first-order valence-corrected chi connectivity index (χ1v) is 10.5. The Hall–Kier alpha value is -0.120. The molecule has 0 heterocycles. The number of aliphatic hydroxyl groups is 1. The average Bonchev–Trinajstić information content (AvgIpc) is 2.97. The number of ether oxygens (including phenoxy) is 1. The van der Waals surface area contributed by atoms with Crippen LogP contribution >= 0.6 is 11.6 Å². The lowest BCUT2D eigenvalue weighted by atomic mass is 9.44. The van der Waals surface area contributed by atoms with Crippen LogP contribution in [0.2, 0.25) is 0 Å². The number of carbonyl (C=O) groups excluding carboxylic acids is 1. The highest BCUT2D eigenvalue weighted by Gasteiger charge is 2.67. The largest absolute Gasteiger partial charge is 0.393 e. The third-order valence-electron chi connectivity index (χ3n) is 8.82. The molecule has 3 rings (SSSR count). The lowest BCUT2D eigenvalue weighted by Crippen LogP contribution is -2.62. The van der Waals surface area contributed by atoms with Gasteiger partial charge in [-0.1, -0.05) is 27.7 Å². The second-order valence-electron chi connectivity index (χ2n) is 9.63. The lowest BCUT2D eigenvalue weighted by Gasteiger charge is -2.61. The van der Waals surface area contributed by atoms with E-state index in [4.69, 9.17) is 16.3 Å². The fourth-order valence-corrected chi connectivity index (χ4v) is 7.38. The minimum absolute atomic E-state index is 0.00481. The average molecular weight is 371 g/mol. The van der Waals surface area contributed by atoms with Crippen molar-refractivity contribution < 1.29 is 14.6 Å². The molecule has 144 valence electrons. The Morgan fingerprint density at radius 1 is 1.24 bits per heavy atom. The zero-order chi connectivity index (χ0) is 18.6. The van der Waals surface area contributed by atoms with Crippen LogP contribution in [0.1, 0.15) is 66.2 Å². The number of halogens is 1. The van der Waals surface area contributed by atoms with Crippen LogP contribution in [0, 0.1) is 34.0 Å². The van der Waals surface area contributed by atoms with E-state index in [1.165, 1.54) is 0 Å². The van der Waals surface area contributed by atoms with Crippen molar-refractivity contribution in [3.05, 3.63) is 0 Å². The molecular formula is C21H35ClO3. The highest BCUT2D eigenvalue weighted by atomic mass is 35.5. The van der Waals surface area contributed by atoms with Gasteiger partial charge in [0.1, 0.15) is 5.78 Å². The Labute approximate surface area is 157 Å². The molecule has 25 heavy (non-hydrogen) atoms. The first kappa shape index (κ1) is 19.6. The summed E-state index contributed by atoms with van der Waals surface area (Å²) in [4.78, 5) is 13.6. The summed E-state index contributed by atoms with van der Waals surface area (Å²) in [5.74, 6) is 1.46. The highest BCUT2D eigenvalue weighted by molar-refractivity contribution is 6.18. The molecule has 3 aliphatic carbocycles. The Bertz CT molecular complexity index is 537. The Morgan fingerprint density at radius 2 is 1.88 bits per heavy atom. The molecule has 4 heteroatoms. The first-order valence-electron chi connectivity index (χ1n) is 9.98. The van der Waals surface area contributed by atoms with Gasteiger partial charge in [0.05, 0.1) is 12.2 Å². The van der Waals surface area contributed by atoms with Crippen LogP contribution in [0.4, 0.5) is 0 Å². The van der Waals surface area contributed by atoms with Crippen molar-refractivity contribution in [2.45, 2.75) is 78.4 Å². The predicted molar refractivity (Wildman–Crippen MR) is 101 cm³/mol. The molecule has 3 saturated carbocycles. The summed E-state index contributed by atoms with van der Waals surface area (Å²) >= 11 is 6.06. The summed E-state index contributed by atoms with van der Waals surface area (Å²) in [5, 5.41) is 11.4. The SMILES string of the molecule is COC1CCC23CC[C@@H](C)[C@](C)(C12)[C@H](O)C[C@@](C)(CCCl)C(=O)[C@@H]3C. The molecule has 0 radical (unpaired) electrons. The Kier molecular flexibility index (Phi) is 5.10. The molecule has 3 aliphatic rings. The number of aliphatic hydroxyl groups excluding tert-OH is 1. The number of carbonyl (C=O) groups is 1. The van der Waals surface area contributed by atoms with Gasteiger partial charge >= 0.3 is 0 Å². The fourth-order valence-electron chi connectivity index (χ4n) is 6.96. The number of rotatable bonds is 3. The van der Waals surface area contributed by atoms with Crippen molar-refractivity contribution >= 4 is 17.4 Å². The lowest BCUT2D eigenvalue weighted by molar-refractivity contribution is -0.192. The maximum absolute atomic E-state index is 13.6. The maximum atomic E-state index is 13.6. The highest BCUT2D eigenvalue weighted by Crippen LogP contribution is 2.68. The normalized spacial score (nSPS) is 53.2. The molecule has 0 aliphatic heterocycles. The molecular weight excluding hydrogens is 336 g/mol. The van der Waals surface area contributed by atoms with E-state index < -0.39 is 11.5 Å². The number of Topliss-reactive ketones (excluding diaryl/α,β-unsaturated/α-hetero) is 1. The maximum Gasteiger partial charge on any atom is 0.142 e. The van der Waals surface area contributed by atoms with E-state index in [2.05, 4.69) is 20.8 Å². The monoisotopic (exact) mass is 370 g/mol. The summed E-state index contributed by atoms with van der Waals surface area (Å²) < 4.78 is 5.91. The van der Waals surface area contributed by atoms with E-state index in [1.54, 1.807) is 7.11 Å². The number of alkyl halides is 1. The number of hydrogen-bond acceptors (Lipinski definition) is 3. The molecule has 0 aromatic carbocycles. The number of ketones is 1. The Balaban J connectivity index is 2.16. The van der Waals surface area contributed by atoms with Crippen LogP contribution in [0.5, 0.6) is 0 Å². The van der Waals surface area contributed by atoms with Crippen LogP contribution in [0.3, 0.4) is 0 Å². The van der Waals surface area contributed by atoms with Crippen LogP contribution in [-0.4, -0.2) is 36.1 Å². The minimum atomic E-state index is -0.526. The van der Waals surface area contributed by atoms with Crippen LogP contribution in [-0.2, 0) is 9.53 Å². The van der Waals surface area contributed by atoms with Crippen molar-refractivity contribution in [3.63, 3.8) is 0 Å². The zero-order valence-electron chi connectivity index (χ0n) is 16.5. The van der Waals surface area contributed by atoms with E-state index in [1.807, 2.05) is 6.92 Å². The van der Waals surface area contributed by atoms with Crippen LogP contribution < -0.4 is 0 Å². The summed E-state index contributed by atoms with van der Waals surface area (Å²) in [7, 11) is 1.79. The van der Waals surface area contributed by atoms with Gasteiger partial charge in [0.25, 0.3) is 0 Å². The molecule has 1 N–H and O–H groups in total. The molecule has 3 nitrogen and oxygen atoms in total. The van der Waals surface area contributed by atoms with Crippen molar-refractivity contribution in [2.24, 2.45) is 34.0 Å². The smallest absolute Gasteiger partial charge is 0.142 e. The van der Waals surface area contributed by atoms with Gasteiger partial charge in [0.2, 0.25) is 0 Å². The molecule has 0 amide bonds. The van der Waals surface area contributed by atoms with Gasteiger partial charge in [-0.2, -0.15) is 0 Å². The topological polar surface area (TPSA) is 46.5 Å². The van der Waals surface area contributed by atoms with E-state index in [9.17, 15) is 9.90 Å². The molecule has 3 fully saturated rings. The third kappa shape index (κ3) is 2.56. The van der Waals surface area contributed by atoms with E-state index >= 15 is 0 Å². The predicted octanol–water partition coefficient (Wildman–Crippen LogP) is 4.44. The third-order valence-corrected chi connectivity index (χ3v) is 9.01. The standard InChI is InChI=1S/C21H35ClO3/c1-13-6-8-21-9-7-15(25-5)17(21)20(13,4)16(23)12-19(3,10-11-22)18(24)14(21)2/h13-17,23H,6-12H2,1-5H3/t13-,14+,15?,16-,17?,19-,20+,21?/m1/s1. The Morgan fingerprint density at radius 3 is 2.48 bits per heavy atom. The molecule has 3 unspecified atom stereocenters. The molecule has 0 spiro atoms. The molecule has 0 aromatic heterocycles. The summed E-state index contributed by atoms with van der Waals surface area (Å²) in [5.41, 5.74) is -0.770. The molecule has 2 bridgehead atoms. The second-order valence-corrected chi connectivity index (χ2v) is 10.0. The van der Waals surface area contributed by atoms with Crippen molar-refractivity contribution in [2.75, 3.05) is 13.0 Å². The van der Waals surface area contributed by atoms with Crippen molar-refractivity contribution in [1.29, 1.82) is 0 Å². The van der Waals surface area contributed by atoms with Crippen LogP contribution in [0.15, 0.2) is 0 Å². The summed E-state index contributed by atoms with van der Waals surface area (Å²) in [6, 6.07) is 0. The van der Waals surface area contributed by atoms with Gasteiger partial charge in [-0.3, -0.25) is 4.79 Å².